The van der Waals surface area contributed by atoms with Crippen molar-refractivity contribution in [1.29, 1.82) is 0 Å². The summed E-state index contributed by atoms with van der Waals surface area (Å²) in [7, 11) is 0. The molecule has 1 aliphatic rings. The number of halogens is 1. The topological polar surface area (TPSA) is 35.2 Å². The number of ether oxygens (including phenoxy) is 1. The minimum Gasteiger partial charge on any atom is -0.373 e. The highest BCUT2D eigenvalue weighted by Crippen LogP contribution is 2.41. The fourth-order valence-electron chi connectivity index (χ4n) is 2.99. The Morgan fingerprint density at radius 3 is 2.56 bits per heavy atom. The van der Waals surface area contributed by atoms with Gasteiger partial charge >= 0.3 is 0 Å². The van der Waals surface area contributed by atoms with E-state index in [0.29, 0.717) is 6.61 Å². The fourth-order valence-corrected chi connectivity index (χ4v) is 3.25. The third-order valence-electron chi connectivity index (χ3n) is 3.94. The lowest BCUT2D eigenvalue weighted by Gasteiger charge is -2.42. The molecule has 1 aliphatic carbocycles. The first-order valence-electron chi connectivity index (χ1n) is 6.83. The lowest BCUT2D eigenvalue weighted by atomic mass is 9.77. The maximum absolute atomic E-state index is 6.48. The van der Waals surface area contributed by atoms with Crippen molar-refractivity contribution in [3.8, 4) is 0 Å². The fraction of sp³-hybridized carbons (Fsp3) is 0.600. The molecule has 1 fully saturated rings. The Hall–Kier alpha value is -0.570. The molecule has 2 nitrogen and oxygen atoms in total. The molecule has 0 saturated heterocycles. The van der Waals surface area contributed by atoms with E-state index in [9.17, 15) is 0 Å². The highest BCUT2D eigenvalue weighted by molar-refractivity contribution is 6.31. The molecule has 1 aromatic rings. The zero-order valence-electron chi connectivity index (χ0n) is 11.0. The van der Waals surface area contributed by atoms with Gasteiger partial charge < -0.3 is 10.5 Å². The van der Waals surface area contributed by atoms with E-state index < -0.39 is 0 Å². The third kappa shape index (κ3) is 2.71. The quantitative estimate of drug-likeness (QED) is 0.892. The van der Waals surface area contributed by atoms with Gasteiger partial charge in [0.1, 0.15) is 0 Å². The summed E-state index contributed by atoms with van der Waals surface area (Å²) >= 11 is 6.26. The van der Waals surface area contributed by atoms with Crippen molar-refractivity contribution in [3.05, 3.63) is 34.9 Å². The molecule has 3 heteroatoms. The van der Waals surface area contributed by atoms with Gasteiger partial charge in [-0.25, -0.2) is 0 Å². The molecule has 0 aromatic heterocycles. The van der Waals surface area contributed by atoms with Crippen molar-refractivity contribution in [1.82, 2.24) is 0 Å². The van der Waals surface area contributed by atoms with Crippen LogP contribution in [0.5, 0.6) is 0 Å². The first-order valence-corrected chi connectivity index (χ1v) is 7.21. The molecule has 2 N–H and O–H groups in total. The average molecular weight is 268 g/mol. The minimum absolute atomic E-state index is 0.133. The van der Waals surface area contributed by atoms with Crippen LogP contribution in [0.4, 0.5) is 0 Å². The SMILES string of the molecule is CCOC1(C(N)c2ccccc2Cl)CCCCC1. The second-order valence-electron chi connectivity index (χ2n) is 5.06. The van der Waals surface area contributed by atoms with Crippen LogP contribution in [-0.4, -0.2) is 12.2 Å². The number of hydrogen-bond acceptors (Lipinski definition) is 2. The molecule has 1 unspecified atom stereocenters. The van der Waals surface area contributed by atoms with E-state index in [1.54, 1.807) is 0 Å². The first kappa shape index (κ1) is 13.9. The summed E-state index contributed by atoms with van der Waals surface area (Å²) in [6.45, 7) is 2.74. The van der Waals surface area contributed by atoms with Gasteiger partial charge in [-0.3, -0.25) is 0 Å². The van der Waals surface area contributed by atoms with Crippen molar-refractivity contribution >= 4 is 11.6 Å². The monoisotopic (exact) mass is 267 g/mol. The van der Waals surface area contributed by atoms with Crippen LogP contribution in [-0.2, 0) is 4.74 Å². The van der Waals surface area contributed by atoms with Gasteiger partial charge in [-0.15, -0.1) is 0 Å². The van der Waals surface area contributed by atoms with E-state index in [1.807, 2.05) is 31.2 Å². The molecule has 1 saturated carbocycles. The molecule has 1 atom stereocenters. The lowest BCUT2D eigenvalue weighted by molar-refractivity contribution is -0.0830. The van der Waals surface area contributed by atoms with E-state index >= 15 is 0 Å². The van der Waals surface area contributed by atoms with E-state index in [2.05, 4.69) is 0 Å². The Kier molecular flexibility index (Phi) is 4.66. The summed E-state index contributed by atoms with van der Waals surface area (Å²) in [6.07, 6.45) is 5.74. The standard InChI is InChI=1S/C15H22ClNO/c1-2-18-15(10-6-3-7-11-15)14(17)12-8-4-5-9-13(12)16/h4-5,8-9,14H,2-3,6-7,10-11,17H2,1H3. The van der Waals surface area contributed by atoms with Crippen molar-refractivity contribution in [2.75, 3.05) is 6.61 Å². The minimum atomic E-state index is -0.224. The zero-order valence-corrected chi connectivity index (χ0v) is 11.7. The number of benzene rings is 1. The Morgan fingerprint density at radius 1 is 1.28 bits per heavy atom. The predicted molar refractivity (Wildman–Crippen MR) is 75.8 cm³/mol. The molecule has 0 radical (unpaired) electrons. The third-order valence-corrected chi connectivity index (χ3v) is 4.28. The lowest BCUT2D eigenvalue weighted by Crippen LogP contribution is -2.45. The molecule has 18 heavy (non-hydrogen) atoms. The van der Waals surface area contributed by atoms with Crippen LogP contribution in [0.2, 0.25) is 5.02 Å². The van der Waals surface area contributed by atoms with Crippen LogP contribution in [0, 0.1) is 0 Å². The van der Waals surface area contributed by atoms with Crippen LogP contribution in [0.1, 0.15) is 50.6 Å². The maximum Gasteiger partial charge on any atom is 0.0874 e. The Labute approximate surface area is 114 Å². The van der Waals surface area contributed by atoms with E-state index in [0.717, 1.165) is 23.4 Å². The van der Waals surface area contributed by atoms with Crippen LogP contribution in [0.25, 0.3) is 0 Å². The van der Waals surface area contributed by atoms with Gasteiger partial charge in [0.2, 0.25) is 0 Å². The molecule has 100 valence electrons. The van der Waals surface area contributed by atoms with Crippen LogP contribution in [0.3, 0.4) is 0 Å². The first-order chi connectivity index (χ1) is 8.69. The predicted octanol–water partition coefficient (Wildman–Crippen LogP) is 4.08. The van der Waals surface area contributed by atoms with E-state index in [1.165, 1.54) is 19.3 Å². The Bertz CT molecular complexity index is 382. The molecule has 0 bridgehead atoms. The molecule has 1 aromatic carbocycles. The summed E-state index contributed by atoms with van der Waals surface area (Å²) in [5.41, 5.74) is 7.27. The molecule has 0 amide bonds. The van der Waals surface area contributed by atoms with Gasteiger partial charge in [-0.2, -0.15) is 0 Å². The van der Waals surface area contributed by atoms with Gasteiger partial charge in [0, 0.05) is 11.6 Å². The summed E-state index contributed by atoms with van der Waals surface area (Å²) in [5, 5.41) is 0.745. The maximum atomic E-state index is 6.48. The van der Waals surface area contributed by atoms with Crippen molar-refractivity contribution < 1.29 is 4.74 Å². The molecule has 0 heterocycles. The summed E-state index contributed by atoms with van der Waals surface area (Å²) in [4.78, 5) is 0. The van der Waals surface area contributed by atoms with E-state index in [-0.39, 0.29) is 11.6 Å². The number of rotatable bonds is 4. The molecular formula is C15H22ClNO. The Morgan fingerprint density at radius 2 is 1.94 bits per heavy atom. The summed E-state index contributed by atoms with van der Waals surface area (Å²) in [5.74, 6) is 0. The molecule has 0 spiro atoms. The highest BCUT2D eigenvalue weighted by Gasteiger charge is 2.40. The van der Waals surface area contributed by atoms with Crippen molar-refractivity contribution in [2.24, 2.45) is 5.73 Å². The largest absolute Gasteiger partial charge is 0.373 e. The van der Waals surface area contributed by atoms with Gasteiger partial charge in [-0.1, -0.05) is 49.1 Å². The van der Waals surface area contributed by atoms with Gasteiger partial charge in [0.25, 0.3) is 0 Å². The van der Waals surface area contributed by atoms with Crippen LogP contribution in [0.15, 0.2) is 24.3 Å². The second kappa shape index (κ2) is 6.05. The second-order valence-corrected chi connectivity index (χ2v) is 5.46. The number of nitrogens with two attached hydrogens (primary N) is 1. The number of hydrogen-bond donors (Lipinski definition) is 1. The van der Waals surface area contributed by atoms with E-state index in [4.69, 9.17) is 22.1 Å². The molecular weight excluding hydrogens is 246 g/mol. The van der Waals surface area contributed by atoms with Crippen molar-refractivity contribution in [2.45, 2.75) is 50.7 Å². The zero-order chi connectivity index (χ0) is 13.0. The normalized spacial score (nSPS) is 20.6. The van der Waals surface area contributed by atoms with Crippen molar-refractivity contribution in [3.63, 3.8) is 0 Å². The summed E-state index contributed by atoms with van der Waals surface area (Å²) in [6, 6.07) is 7.71. The highest BCUT2D eigenvalue weighted by atomic mass is 35.5. The van der Waals surface area contributed by atoms with Gasteiger partial charge in [0.15, 0.2) is 0 Å². The Balaban J connectivity index is 2.28. The smallest absolute Gasteiger partial charge is 0.0874 e. The van der Waals surface area contributed by atoms with Gasteiger partial charge in [0.05, 0.1) is 11.6 Å². The van der Waals surface area contributed by atoms with Gasteiger partial charge in [-0.05, 0) is 31.4 Å². The average Bonchev–Trinajstić information content (AvgIpc) is 2.40. The molecule has 0 aliphatic heterocycles. The van der Waals surface area contributed by atoms with Crippen LogP contribution < -0.4 is 5.73 Å². The summed E-state index contributed by atoms with van der Waals surface area (Å²) < 4.78 is 6.06. The van der Waals surface area contributed by atoms with Crippen LogP contribution >= 0.6 is 11.6 Å². The molecule has 2 rings (SSSR count).